The number of fused-ring (bicyclic) bond motifs is 1. The topological polar surface area (TPSA) is 87.9 Å². The molecule has 6 nitrogen and oxygen atoms in total. The van der Waals surface area contributed by atoms with Crippen molar-refractivity contribution in [1.29, 1.82) is 0 Å². The van der Waals surface area contributed by atoms with Gasteiger partial charge in [0, 0.05) is 43.2 Å². The maximum Gasteiger partial charge on any atom is 0.248 e. The van der Waals surface area contributed by atoms with Crippen LogP contribution in [0, 0.1) is 0 Å². The number of benzene rings is 1. The van der Waals surface area contributed by atoms with Crippen LogP contribution in [0.1, 0.15) is 51.8 Å². The molecular weight excluding hydrogens is 350 g/mol. The maximum absolute atomic E-state index is 11.3. The summed E-state index contributed by atoms with van der Waals surface area (Å²) in [7, 11) is 0. The number of nitrogens with one attached hydrogen (secondary N) is 1. The Balaban J connectivity index is 1.57. The standard InChI is InChI=1S/C22H25N5O/c23-22(28)18-8-6-16(7-9-18)14-27(12-10-19-13-24-15-26-19)20-5-1-3-17-4-2-11-25-21(17)20/h2,4,6-9,11,13,15,20H,1,3,5,10,12,14H2,(H2,23,28)(H,24,26). The highest BCUT2D eigenvalue weighted by molar-refractivity contribution is 5.92. The van der Waals surface area contributed by atoms with Crippen LogP contribution < -0.4 is 5.73 Å². The molecule has 1 atom stereocenters. The zero-order chi connectivity index (χ0) is 19.3. The summed E-state index contributed by atoms with van der Waals surface area (Å²) in [4.78, 5) is 25.9. The summed E-state index contributed by atoms with van der Waals surface area (Å²) in [6.07, 6.45) is 9.77. The first-order valence-corrected chi connectivity index (χ1v) is 9.74. The number of aromatic amines is 1. The number of aromatic nitrogens is 3. The van der Waals surface area contributed by atoms with Crippen LogP contribution in [0.3, 0.4) is 0 Å². The molecule has 28 heavy (non-hydrogen) atoms. The van der Waals surface area contributed by atoms with E-state index in [0.29, 0.717) is 11.6 Å². The Morgan fingerprint density at radius 2 is 2.11 bits per heavy atom. The van der Waals surface area contributed by atoms with Gasteiger partial charge in [-0.2, -0.15) is 0 Å². The van der Waals surface area contributed by atoms with Crippen molar-refractivity contribution in [2.45, 2.75) is 38.3 Å². The molecule has 1 aromatic carbocycles. The van der Waals surface area contributed by atoms with Gasteiger partial charge in [-0.05, 0) is 48.6 Å². The Morgan fingerprint density at radius 3 is 2.86 bits per heavy atom. The first-order valence-electron chi connectivity index (χ1n) is 9.74. The Labute approximate surface area is 164 Å². The van der Waals surface area contributed by atoms with E-state index in [1.165, 1.54) is 17.7 Å². The van der Waals surface area contributed by atoms with Crippen LogP contribution >= 0.6 is 0 Å². The van der Waals surface area contributed by atoms with Crippen LogP contribution in [-0.4, -0.2) is 32.3 Å². The monoisotopic (exact) mass is 375 g/mol. The highest BCUT2D eigenvalue weighted by Gasteiger charge is 2.27. The molecule has 0 radical (unpaired) electrons. The molecule has 3 aromatic rings. The number of imidazole rings is 1. The van der Waals surface area contributed by atoms with Crippen molar-refractivity contribution < 1.29 is 4.79 Å². The number of amides is 1. The lowest BCUT2D eigenvalue weighted by Crippen LogP contribution is -2.33. The minimum atomic E-state index is -0.395. The summed E-state index contributed by atoms with van der Waals surface area (Å²) in [5.41, 5.74) is 10.8. The molecule has 0 fully saturated rings. The number of pyridine rings is 1. The maximum atomic E-state index is 11.3. The third-order valence-electron chi connectivity index (χ3n) is 5.45. The third kappa shape index (κ3) is 4.12. The third-order valence-corrected chi connectivity index (χ3v) is 5.45. The number of nitrogens with zero attached hydrogens (tertiary/aromatic N) is 3. The van der Waals surface area contributed by atoms with Crippen LogP contribution in [0.2, 0.25) is 0 Å². The molecule has 2 heterocycles. The van der Waals surface area contributed by atoms with E-state index in [4.69, 9.17) is 10.7 Å². The van der Waals surface area contributed by atoms with E-state index in [-0.39, 0.29) is 0 Å². The van der Waals surface area contributed by atoms with Gasteiger partial charge in [0.25, 0.3) is 0 Å². The molecule has 4 rings (SSSR count). The predicted octanol–water partition coefficient (Wildman–Crippen LogP) is 3.03. The molecule has 0 aliphatic heterocycles. The van der Waals surface area contributed by atoms with Crippen LogP contribution in [-0.2, 0) is 19.4 Å². The van der Waals surface area contributed by atoms with E-state index in [2.05, 4.69) is 20.9 Å². The minimum Gasteiger partial charge on any atom is -0.366 e. The van der Waals surface area contributed by atoms with Gasteiger partial charge in [-0.25, -0.2) is 4.98 Å². The fourth-order valence-corrected chi connectivity index (χ4v) is 3.98. The molecule has 0 saturated carbocycles. The summed E-state index contributed by atoms with van der Waals surface area (Å²) in [6, 6.07) is 12.1. The second kappa shape index (κ2) is 8.35. The second-order valence-electron chi connectivity index (χ2n) is 7.31. The molecular formula is C22H25N5O. The molecule has 2 aromatic heterocycles. The first kappa shape index (κ1) is 18.4. The SMILES string of the molecule is NC(=O)c1ccc(CN(CCc2cnc[nH]2)C2CCCc3cccnc32)cc1. The van der Waals surface area contributed by atoms with Crippen molar-refractivity contribution in [2.24, 2.45) is 5.73 Å². The Morgan fingerprint density at radius 1 is 1.25 bits per heavy atom. The predicted molar refractivity (Wildman–Crippen MR) is 108 cm³/mol. The Kier molecular flexibility index (Phi) is 5.48. The second-order valence-corrected chi connectivity index (χ2v) is 7.31. The fourth-order valence-electron chi connectivity index (χ4n) is 3.98. The van der Waals surface area contributed by atoms with Crippen LogP contribution in [0.25, 0.3) is 0 Å². The molecule has 0 bridgehead atoms. The molecule has 0 saturated heterocycles. The van der Waals surface area contributed by atoms with E-state index in [1.807, 2.05) is 30.6 Å². The summed E-state index contributed by atoms with van der Waals surface area (Å²) in [6.45, 7) is 1.70. The van der Waals surface area contributed by atoms with Gasteiger partial charge in [0.1, 0.15) is 0 Å². The zero-order valence-electron chi connectivity index (χ0n) is 15.8. The van der Waals surface area contributed by atoms with E-state index in [0.717, 1.165) is 43.6 Å². The largest absolute Gasteiger partial charge is 0.366 e. The van der Waals surface area contributed by atoms with Crippen molar-refractivity contribution >= 4 is 5.91 Å². The van der Waals surface area contributed by atoms with Crippen molar-refractivity contribution in [3.05, 3.63) is 83.2 Å². The molecule has 1 amide bonds. The van der Waals surface area contributed by atoms with Gasteiger partial charge in [0.05, 0.1) is 18.1 Å². The Bertz CT molecular complexity index is 920. The van der Waals surface area contributed by atoms with Gasteiger partial charge in [-0.15, -0.1) is 0 Å². The van der Waals surface area contributed by atoms with Gasteiger partial charge in [0.15, 0.2) is 0 Å². The molecule has 0 spiro atoms. The molecule has 1 unspecified atom stereocenters. The number of aryl methyl sites for hydroxylation is 1. The summed E-state index contributed by atoms with van der Waals surface area (Å²) >= 11 is 0. The number of H-pyrrole nitrogens is 1. The fraction of sp³-hybridized carbons (Fsp3) is 0.318. The number of carbonyl (C=O) groups is 1. The average Bonchev–Trinajstić information content (AvgIpc) is 3.25. The molecule has 6 heteroatoms. The van der Waals surface area contributed by atoms with Gasteiger partial charge in [0.2, 0.25) is 5.91 Å². The summed E-state index contributed by atoms with van der Waals surface area (Å²) in [5, 5.41) is 0. The highest BCUT2D eigenvalue weighted by atomic mass is 16.1. The smallest absolute Gasteiger partial charge is 0.248 e. The lowest BCUT2D eigenvalue weighted by atomic mass is 9.90. The lowest BCUT2D eigenvalue weighted by Gasteiger charge is -2.35. The van der Waals surface area contributed by atoms with Gasteiger partial charge >= 0.3 is 0 Å². The van der Waals surface area contributed by atoms with Crippen LogP contribution in [0.15, 0.2) is 55.1 Å². The normalized spacial score (nSPS) is 16.1. The number of carbonyl (C=O) groups excluding carboxylic acids is 1. The van der Waals surface area contributed by atoms with Gasteiger partial charge < -0.3 is 10.7 Å². The zero-order valence-corrected chi connectivity index (χ0v) is 15.8. The molecule has 3 N–H and O–H groups in total. The van der Waals surface area contributed by atoms with E-state index in [9.17, 15) is 4.79 Å². The van der Waals surface area contributed by atoms with Gasteiger partial charge in [-0.3, -0.25) is 14.7 Å². The lowest BCUT2D eigenvalue weighted by molar-refractivity contribution is 0.1000. The van der Waals surface area contributed by atoms with Gasteiger partial charge in [-0.1, -0.05) is 18.2 Å². The first-order chi connectivity index (χ1) is 13.7. The summed E-state index contributed by atoms with van der Waals surface area (Å²) in [5.74, 6) is -0.395. The number of hydrogen-bond acceptors (Lipinski definition) is 4. The summed E-state index contributed by atoms with van der Waals surface area (Å²) < 4.78 is 0. The average molecular weight is 375 g/mol. The Hall–Kier alpha value is -2.99. The molecule has 144 valence electrons. The van der Waals surface area contributed by atoms with E-state index in [1.54, 1.807) is 18.5 Å². The number of rotatable bonds is 7. The number of nitrogens with two attached hydrogens (primary N) is 1. The van der Waals surface area contributed by atoms with Crippen LogP contribution in [0.5, 0.6) is 0 Å². The van der Waals surface area contributed by atoms with E-state index >= 15 is 0 Å². The van der Waals surface area contributed by atoms with Crippen LogP contribution in [0.4, 0.5) is 0 Å². The van der Waals surface area contributed by atoms with Crippen molar-refractivity contribution in [3.8, 4) is 0 Å². The quantitative estimate of drug-likeness (QED) is 0.664. The minimum absolute atomic E-state index is 0.295. The van der Waals surface area contributed by atoms with Crippen molar-refractivity contribution in [1.82, 2.24) is 19.9 Å². The number of hydrogen-bond donors (Lipinski definition) is 2. The number of primary amides is 1. The highest BCUT2D eigenvalue weighted by Crippen LogP contribution is 2.33. The van der Waals surface area contributed by atoms with E-state index < -0.39 is 5.91 Å². The van der Waals surface area contributed by atoms with Crippen molar-refractivity contribution in [2.75, 3.05) is 6.54 Å². The van der Waals surface area contributed by atoms with Crippen molar-refractivity contribution in [3.63, 3.8) is 0 Å². The molecule has 1 aliphatic rings. The molecule has 1 aliphatic carbocycles.